The molecule has 0 fully saturated rings. The highest BCUT2D eigenvalue weighted by molar-refractivity contribution is 6.22. The summed E-state index contributed by atoms with van der Waals surface area (Å²) in [4.78, 5) is 45.7. The van der Waals surface area contributed by atoms with Gasteiger partial charge in [0.25, 0.3) is 0 Å². The van der Waals surface area contributed by atoms with Crippen molar-refractivity contribution in [2.75, 3.05) is 13.2 Å². The lowest BCUT2D eigenvalue weighted by Gasteiger charge is -2.16. The second kappa shape index (κ2) is 9.75. The van der Waals surface area contributed by atoms with Crippen LogP contribution in [0.1, 0.15) is 24.2 Å². The van der Waals surface area contributed by atoms with Gasteiger partial charge in [0.15, 0.2) is 11.6 Å². The van der Waals surface area contributed by atoms with Gasteiger partial charge in [-0.3, -0.25) is 24.5 Å². The monoisotopic (exact) mass is 429 g/mol. The Labute approximate surface area is 158 Å². The van der Waals surface area contributed by atoms with E-state index < -0.39 is 82.8 Å². The number of hydrogen-bond donors (Lipinski definition) is 0. The maximum absolute atomic E-state index is 14.5. The number of carbonyl (C=O) groups excluding carboxylic acids is 3. The summed E-state index contributed by atoms with van der Waals surface area (Å²) >= 11 is 0. The van der Waals surface area contributed by atoms with Crippen LogP contribution in [0.3, 0.4) is 0 Å². The predicted octanol–water partition coefficient (Wildman–Crippen LogP) is 2.54. The predicted molar refractivity (Wildman–Crippen MR) is 80.7 cm³/mol. The number of halogens is 5. The number of hydrogen-bond acceptors (Lipinski definition) is 8. The van der Waals surface area contributed by atoms with Crippen molar-refractivity contribution < 1.29 is 55.5 Å². The first-order valence-corrected chi connectivity index (χ1v) is 7.66. The van der Waals surface area contributed by atoms with Crippen molar-refractivity contribution >= 4 is 23.4 Å². The van der Waals surface area contributed by atoms with Crippen LogP contribution in [0.4, 0.5) is 27.6 Å². The number of benzene rings is 1. The topological polar surface area (TPSA) is 122 Å². The molecule has 9 nitrogen and oxygen atoms in total. The third kappa shape index (κ3) is 4.94. The SMILES string of the molecule is CCOC(=O)C(C(=O)OCC)C(=O)c1c(F)c(OC(F)F)c(F)c(F)c1[N+](=O)[O-]. The largest absolute Gasteiger partial charge is 0.465 e. The summed E-state index contributed by atoms with van der Waals surface area (Å²) in [6.07, 6.45) is 0. The average molecular weight is 429 g/mol. The van der Waals surface area contributed by atoms with Gasteiger partial charge in [-0.25, -0.2) is 4.39 Å². The van der Waals surface area contributed by atoms with Gasteiger partial charge in [-0.2, -0.15) is 17.6 Å². The number of ketones is 1. The van der Waals surface area contributed by atoms with Crippen molar-refractivity contribution in [3.05, 3.63) is 33.1 Å². The van der Waals surface area contributed by atoms with Gasteiger partial charge in [0, 0.05) is 0 Å². The van der Waals surface area contributed by atoms with Crippen LogP contribution in [0.2, 0.25) is 0 Å². The number of ether oxygens (including phenoxy) is 3. The molecule has 0 radical (unpaired) electrons. The molecule has 14 heteroatoms. The fraction of sp³-hybridized carbons (Fsp3) is 0.400. The normalized spacial score (nSPS) is 10.8. The van der Waals surface area contributed by atoms with E-state index in [2.05, 4.69) is 14.2 Å². The summed E-state index contributed by atoms with van der Waals surface area (Å²) in [7, 11) is 0. The summed E-state index contributed by atoms with van der Waals surface area (Å²) in [6, 6.07) is 0. The van der Waals surface area contributed by atoms with E-state index in [-0.39, 0.29) is 0 Å². The Morgan fingerprint density at radius 3 is 1.83 bits per heavy atom. The number of nitro groups is 1. The highest BCUT2D eigenvalue weighted by Crippen LogP contribution is 2.37. The standard InChI is InChI=1S/C15H12F5NO8/c1-3-27-13(23)6(14(24)28-4-2)11(22)5-7(16)12(29-15(19)20)9(18)8(17)10(5)21(25)26/h6,15H,3-4H2,1-2H3. The van der Waals surface area contributed by atoms with Crippen molar-refractivity contribution in [3.63, 3.8) is 0 Å². The quantitative estimate of drug-likeness (QED) is 0.112. The molecule has 0 unspecified atom stereocenters. The molecule has 0 saturated carbocycles. The Bertz CT molecular complexity index is 827. The number of alkyl halides is 2. The molecule has 160 valence electrons. The van der Waals surface area contributed by atoms with E-state index in [9.17, 15) is 46.5 Å². The van der Waals surface area contributed by atoms with Gasteiger partial charge in [-0.05, 0) is 13.8 Å². The number of rotatable bonds is 9. The lowest BCUT2D eigenvalue weighted by Crippen LogP contribution is -2.36. The molecular formula is C15H12F5NO8. The minimum atomic E-state index is -3.91. The van der Waals surface area contributed by atoms with Gasteiger partial charge >= 0.3 is 24.2 Å². The molecule has 0 bridgehead atoms. The lowest BCUT2D eigenvalue weighted by molar-refractivity contribution is -0.388. The molecule has 0 aliphatic rings. The van der Waals surface area contributed by atoms with Crippen molar-refractivity contribution in [3.8, 4) is 5.75 Å². The number of esters is 2. The van der Waals surface area contributed by atoms with Crippen LogP contribution in [0.5, 0.6) is 5.75 Å². The van der Waals surface area contributed by atoms with Gasteiger partial charge in [0.1, 0.15) is 5.56 Å². The third-order valence-corrected chi connectivity index (χ3v) is 3.20. The Balaban J connectivity index is 3.80. The van der Waals surface area contributed by atoms with E-state index in [4.69, 9.17) is 0 Å². The fourth-order valence-electron chi connectivity index (χ4n) is 2.12. The van der Waals surface area contributed by atoms with Crippen LogP contribution in [0, 0.1) is 33.5 Å². The Morgan fingerprint density at radius 1 is 0.966 bits per heavy atom. The molecule has 0 aliphatic heterocycles. The molecule has 0 atom stereocenters. The molecule has 0 aromatic heterocycles. The number of nitro benzene ring substituents is 1. The van der Waals surface area contributed by atoms with E-state index in [1.807, 2.05) is 0 Å². The molecule has 0 spiro atoms. The summed E-state index contributed by atoms with van der Waals surface area (Å²) in [6.45, 7) is -2.21. The average Bonchev–Trinajstić information content (AvgIpc) is 2.61. The highest BCUT2D eigenvalue weighted by atomic mass is 19.3. The lowest BCUT2D eigenvalue weighted by atomic mass is 9.95. The van der Waals surface area contributed by atoms with Crippen molar-refractivity contribution in [2.24, 2.45) is 5.92 Å². The zero-order valence-electron chi connectivity index (χ0n) is 14.7. The summed E-state index contributed by atoms with van der Waals surface area (Å²) in [5, 5.41) is 11.1. The van der Waals surface area contributed by atoms with Gasteiger partial charge in [-0.15, -0.1) is 0 Å². The second-order valence-electron chi connectivity index (χ2n) is 4.93. The van der Waals surface area contributed by atoms with E-state index in [0.717, 1.165) is 0 Å². The molecular weight excluding hydrogens is 417 g/mol. The number of Topliss-reactive ketones (excluding diaryl/α,β-unsaturated/α-hetero) is 1. The zero-order chi connectivity index (χ0) is 22.5. The zero-order valence-corrected chi connectivity index (χ0v) is 14.7. The van der Waals surface area contributed by atoms with E-state index >= 15 is 0 Å². The molecule has 29 heavy (non-hydrogen) atoms. The van der Waals surface area contributed by atoms with Crippen LogP contribution >= 0.6 is 0 Å². The third-order valence-electron chi connectivity index (χ3n) is 3.20. The minimum absolute atomic E-state index is 0.399. The van der Waals surface area contributed by atoms with Crippen molar-refractivity contribution in [1.82, 2.24) is 0 Å². The summed E-state index contributed by atoms with van der Waals surface area (Å²) in [5.74, 6) is -17.7. The van der Waals surface area contributed by atoms with Gasteiger partial charge in [0.2, 0.25) is 23.3 Å². The number of nitrogens with zero attached hydrogens (tertiary/aromatic N) is 1. The maximum Gasteiger partial charge on any atom is 0.387 e. The van der Waals surface area contributed by atoms with Crippen LogP contribution in [0.15, 0.2) is 0 Å². The number of carbonyl (C=O) groups is 3. The fourth-order valence-corrected chi connectivity index (χ4v) is 2.12. The van der Waals surface area contributed by atoms with Crippen LogP contribution in [0.25, 0.3) is 0 Å². The minimum Gasteiger partial charge on any atom is -0.465 e. The van der Waals surface area contributed by atoms with E-state index in [1.165, 1.54) is 13.8 Å². The Hall–Kier alpha value is -3.32. The highest BCUT2D eigenvalue weighted by Gasteiger charge is 2.45. The first-order valence-electron chi connectivity index (χ1n) is 7.66. The smallest absolute Gasteiger partial charge is 0.387 e. The van der Waals surface area contributed by atoms with Gasteiger partial charge < -0.3 is 14.2 Å². The van der Waals surface area contributed by atoms with Crippen LogP contribution in [-0.2, 0) is 19.1 Å². The second-order valence-corrected chi connectivity index (χ2v) is 4.93. The molecule has 1 aromatic carbocycles. The maximum atomic E-state index is 14.5. The first kappa shape index (κ1) is 23.7. The van der Waals surface area contributed by atoms with Crippen molar-refractivity contribution in [1.29, 1.82) is 0 Å². The Kier molecular flexibility index (Phi) is 7.97. The molecule has 0 N–H and O–H groups in total. The van der Waals surface area contributed by atoms with Gasteiger partial charge in [0.05, 0.1) is 18.1 Å². The van der Waals surface area contributed by atoms with Crippen LogP contribution < -0.4 is 4.74 Å². The van der Waals surface area contributed by atoms with Crippen molar-refractivity contribution in [2.45, 2.75) is 20.5 Å². The molecule has 1 aromatic rings. The van der Waals surface area contributed by atoms with Crippen LogP contribution in [-0.4, -0.2) is 42.5 Å². The summed E-state index contributed by atoms with van der Waals surface area (Å²) < 4.78 is 79.4. The van der Waals surface area contributed by atoms with Gasteiger partial charge in [-0.1, -0.05) is 0 Å². The van der Waals surface area contributed by atoms with E-state index in [1.54, 1.807) is 0 Å². The molecule has 0 heterocycles. The Morgan fingerprint density at radius 2 is 1.45 bits per heavy atom. The molecule has 1 rings (SSSR count). The first-order chi connectivity index (χ1) is 13.5. The molecule has 0 aliphatic carbocycles. The van der Waals surface area contributed by atoms with E-state index in [0.29, 0.717) is 0 Å². The molecule has 0 saturated heterocycles. The molecule has 0 amide bonds. The summed E-state index contributed by atoms with van der Waals surface area (Å²) in [5.41, 5.74) is -4.11.